The molecule has 1 aromatic rings. The molecule has 1 spiro atoms. The molecule has 0 saturated carbocycles. The fraction of sp³-hybridized carbons (Fsp3) is 0.710. The van der Waals surface area contributed by atoms with Crippen LogP contribution >= 0.6 is 0 Å². The van der Waals surface area contributed by atoms with Gasteiger partial charge in [0, 0.05) is 22.6 Å². The average molecular weight is 636 g/mol. The van der Waals surface area contributed by atoms with Crippen LogP contribution in [0.3, 0.4) is 0 Å². The molecular formula is C31H41NO13. The van der Waals surface area contributed by atoms with Crippen molar-refractivity contribution >= 4 is 6.16 Å². The number of allylic oxidation sites excluding steroid dienone is 1. The van der Waals surface area contributed by atoms with Gasteiger partial charge in [0.25, 0.3) is 0 Å². The number of carbonyl (C=O) groups excluding carboxylic acids is 1. The van der Waals surface area contributed by atoms with Crippen molar-refractivity contribution in [2.45, 2.75) is 105 Å². The number of hydrogen-bond donors (Lipinski definition) is 6. The van der Waals surface area contributed by atoms with Gasteiger partial charge in [-0.25, -0.2) is 4.79 Å². The zero-order valence-corrected chi connectivity index (χ0v) is 25.1. The Morgan fingerprint density at radius 3 is 2.71 bits per heavy atom. The molecule has 0 aromatic heterocycles. The number of piperidine rings is 1. The first-order valence-corrected chi connectivity index (χ1v) is 15.6. The van der Waals surface area contributed by atoms with Crippen LogP contribution in [0.15, 0.2) is 24.0 Å². The molecular weight excluding hydrogens is 594 g/mol. The SMILES string of the molecule is C[C@H]1O[C@H](COC(=O)OC2=CCC3[C@H]4Cc5ccc(CO)c6c5[C@@]3(CCN4C)C2O6)[C@H](OC2O[C@H](C(O)CO)[C@H](O)[C@@H]2O)[C@H]1O. The molecule has 1 aromatic carbocycles. The first-order chi connectivity index (χ1) is 21.6. The van der Waals surface area contributed by atoms with E-state index < -0.39 is 79.4 Å². The highest BCUT2D eigenvalue weighted by Crippen LogP contribution is 2.62. The molecule has 0 amide bonds. The number of nitrogens with zero attached hydrogens (tertiary/aromatic N) is 1. The Kier molecular flexibility index (Phi) is 8.12. The fourth-order valence-electron chi connectivity index (χ4n) is 8.47. The van der Waals surface area contributed by atoms with Crippen molar-refractivity contribution in [2.24, 2.45) is 5.92 Å². The Bertz CT molecular complexity index is 1340. The zero-order chi connectivity index (χ0) is 31.8. The molecule has 3 fully saturated rings. The Balaban J connectivity index is 1.04. The summed E-state index contributed by atoms with van der Waals surface area (Å²) in [6.07, 6.45) is -8.62. The number of likely N-dealkylation sites (N-methyl/N-ethyl adjacent to an activating group) is 1. The predicted molar refractivity (Wildman–Crippen MR) is 151 cm³/mol. The summed E-state index contributed by atoms with van der Waals surface area (Å²) < 4.78 is 34.8. The maximum absolute atomic E-state index is 13.1. The van der Waals surface area contributed by atoms with Gasteiger partial charge < -0.3 is 64.0 Å². The minimum Gasteiger partial charge on any atom is -0.481 e. The van der Waals surface area contributed by atoms with E-state index in [9.17, 15) is 35.4 Å². The summed E-state index contributed by atoms with van der Waals surface area (Å²) >= 11 is 0. The lowest BCUT2D eigenvalue weighted by Gasteiger charge is -2.56. The molecule has 13 atom stereocenters. The molecule has 14 nitrogen and oxygen atoms in total. The van der Waals surface area contributed by atoms with Gasteiger partial charge in [-0.15, -0.1) is 0 Å². The van der Waals surface area contributed by atoms with Gasteiger partial charge in [0.15, 0.2) is 12.4 Å². The van der Waals surface area contributed by atoms with Crippen LogP contribution in [0.25, 0.3) is 0 Å². The Hall–Kier alpha value is -2.37. The van der Waals surface area contributed by atoms with Crippen LogP contribution in [0.5, 0.6) is 5.75 Å². The van der Waals surface area contributed by atoms with Crippen molar-refractivity contribution in [3.63, 3.8) is 0 Å². The fourth-order valence-corrected chi connectivity index (χ4v) is 8.47. The molecule has 3 saturated heterocycles. The third kappa shape index (κ3) is 4.81. The highest BCUT2D eigenvalue weighted by Gasteiger charge is 2.64. The first kappa shape index (κ1) is 31.2. The summed E-state index contributed by atoms with van der Waals surface area (Å²) in [7, 11) is 2.14. The largest absolute Gasteiger partial charge is 0.513 e. The molecule has 45 heavy (non-hydrogen) atoms. The van der Waals surface area contributed by atoms with E-state index in [0.29, 0.717) is 29.5 Å². The van der Waals surface area contributed by atoms with E-state index in [2.05, 4.69) is 18.0 Å². The van der Waals surface area contributed by atoms with Crippen LogP contribution in [0.4, 0.5) is 4.79 Å². The van der Waals surface area contributed by atoms with Crippen LogP contribution in [-0.4, -0.2) is 136 Å². The number of hydrogen-bond acceptors (Lipinski definition) is 14. The van der Waals surface area contributed by atoms with E-state index in [1.165, 1.54) is 5.56 Å². The van der Waals surface area contributed by atoms with Gasteiger partial charge >= 0.3 is 6.16 Å². The Labute approximate surface area is 259 Å². The second-order valence-electron chi connectivity index (χ2n) is 13.1. The first-order valence-electron chi connectivity index (χ1n) is 15.6. The molecule has 4 aliphatic heterocycles. The molecule has 4 heterocycles. The monoisotopic (exact) mass is 635 g/mol. The summed E-state index contributed by atoms with van der Waals surface area (Å²) in [5.74, 6) is 1.28. The van der Waals surface area contributed by atoms with E-state index in [1.54, 1.807) is 6.92 Å². The van der Waals surface area contributed by atoms with E-state index in [1.807, 2.05) is 12.1 Å². The second-order valence-corrected chi connectivity index (χ2v) is 13.1. The van der Waals surface area contributed by atoms with Crippen molar-refractivity contribution in [1.82, 2.24) is 4.90 Å². The number of benzene rings is 1. The topological polar surface area (TPSA) is 197 Å². The van der Waals surface area contributed by atoms with Gasteiger partial charge in [0.1, 0.15) is 60.8 Å². The number of carbonyl (C=O) groups is 1. The lowest BCUT2D eigenvalue weighted by molar-refractivity contribution is -0.221. The van der Waals surface area contributed by atoms with Crippen LogP contribution < -0.4 is 4.74 Å². The summed E-state index contributed by atoms with van der Waals surface area (Å²) in [5.41, 5.74) is 2.62. The van der Waals surface area contributed by atoms with Crippen LogP contribution in [0.2, 0.25) is 0 Å². The molecule has 7 rings (SSSR count). The lowest BCUT2D eigenvalue weighted by Crippen LogP contribution is -2.63. The normalized spacial score (nSPS) is 42.1. The van der Waals surface area contributed by atoms with Crippen LogP contribution in [0.1, 0.15) is 36.5 Å². The third-order valence-corrected chi connectivity index (χ3v) is 10.8. The van der Waals surface area contributed by atoms with Crippen LogP contribution in [0, 0.1) is 5.92 Å². The van der Waals surface area contributed by atoms with Gasteiger partial charge in [-0.1, -0.05) is 12.1 Å². The Morgan fingerprint density at radius 2 is 1.96 bits per heavy atom. The van der Waals surface area contributed by atoms with Gasteiger partial charge in [0.2, 0.25) is 0 Å². The predicted octanol–water partition coefficient (Wildman–Crippen LogP) is -1.17. The quantitative estimate of drug-likeness (QED) is 0.187. The molecule has 6 N–H and O–H groups in total. The molecule has 4 unspecified atom stereocenters. The van der Waals surface area contributed by atoms with E-state index in [-0.39, 0.29) is 19.1 Å². The standard InChI is InChI=1S/C31H41NO13/c1-13-22(36)27(45-29-24(38)23(37)26(44-29)18(35)11-34)20(41-13)12-40-30(39)42-19-6-5-16-17-9-14-3-4-15(10-33)25-21(14)31(16,28(19)43-25)7-8-32(17)2/h3-4,6,13,16-18,20,22-24,26-29,33-38H,5,7-12H2,1-2H3/t13-,16?,17-,18?,20-,22+,23-,24+,26-,27+,28?,29?,31+/m1/s1. The number of aliphatic hydroxyl groups excluding tert-OH is 6. The molecule has 0 radical (unpaired) electrons. The van der Waals surface area contributed by atoms with Crippen molar-refractivity contribution in [2.75, 3.05) is 26.8 Å². The van der Waals surface area contributed by atoms with Crippen molar-refractivity contribution < 1.29 is 63.9 Å². The maximum Gasteiger partial charge on any atom is 0.513 e. The molecule has 2 aliphatic carbocycles. The van der Waals surface area contributed by atoms with Gasteiger partial charge in [-0.2, -0.15) is 0 Å². The van der Waals surface area contributed by atoms with Crippen LogP contribution in [-0.2, 0) is 42.1 Å². The molecule has 6 aliphatic rings. The van der Waals surface area contributed by atoms with Crippen molar-refractivity contribution in [3.05, 3.63) is 40.7 Å². The summed E-state index contributed by atoms with van der Waals surface area (Å²) in [6.45, 7) is 1.23. The van der Waals surface area contributed by atoms with E-state index in [4.69, 9.17) is 28.4 Å². The van der Waals surface area contributed by atoms with Gasteiger partial charge in [0.05, 0.1) is 19.3 Å². The van der Waals surface area contributed by atoms with E-state index in [0.717, 1.165) is 24.9 Å². The number of rotatable bonds is 8. The van der Waals surface area contributed by atoms with Gasteiger partial charge in [-0.3, -0.25) is 0 Å². The highest BCUT2D eigenvalue weighted by atomic mass is 16.7. The van der Waals surface area contributed by atoms with E-state index >= 15 is 0 Å². The minimum absolute atomic E-state index is 0.166. The summed E-state index contributed by atoms with van der Waals surface area (Å²) in [4.78, 5) is 15.5. The lowest BCUT2D eigenvalue weighted by atomic mass is 9.53. The Morgan fingerprint density at radius 1 is 1.16 bits per heavy atom. The average Bonchev–Trinajstić information content (AvgIpc) is 3.63. The minimum atomic E-state index is -1.58. The molecule has 248 valence electrons. The van der Waals surface area contributed by atoms with Gasteiger partial charge in [-0.05, 0) is 57.3 Å². The second kappa shape index (κ2) is 11.7. The number of ether oxygens (including phenoxy) is 6. The molecule has 14 heteroatoms. The smallest absolute Gasteiger partial charge is 0.481 e. The highest BCUT2D eigenvalue weighted by molar-refractivity contribution is 5.64. The molecule has 2 bridgehead atoms. The summed E-state index contributed by atoms with van der Waals surface area (Å²) in [5, 5.41) is 60.6. The zero-order valence-electron chi connectivity index (χ0n) is 25.1. The third-order valence-electron chi connectivity index (χ3n) is 10.8. The summed E-state index contributed by atoms with van der Waals surface area (Å²) in [6, 6.07) is 4.29. The number of likely N-dealkylation sites (tertiary alicyclic amines) is 1. The number of aliphatic hydroxyl groups is 6. The maximum atomic E-state index is 13.1. The van der Waals surface area contributed by atoms with Crippen molar-refractivity contribution in [1.29, 1.82) is 0 Å². The van der Waals surface area contributed by atoms with Crippen molar-refractivity contribution in [3.8, 4) is 5.75 Å².